The van der Waals surface area contributed by atoms with Gasteiger partial charge in [-0.1, -0.05) is 12.1 Å². The first-order chi connectivity index (χ1) is 6.38. The molecule has 1 aromatic rings. The summed E-state index contributed by atoms with van der Waals surface area (Å²) in [4.78, 5) is 12.6. The van der Waals surface area contributed by atoms with Crippen molar-refractivity contribution >= 4 is 17.1 Å². The van der Waals surface area contributed by atoms with Gasteiger partial charge < -0.3 is 5.32 Å². The zero-order valence-corrected chi connectivity index (χ0v) is 8.01. The molecule has 2 heterocycles. The van der Waals surface area contributed by atoms with Crippen LogP contribution >= 0.6 is 11.3 Å². The van der Waals surface area contributed by atoms with Crippen molar-refractivity contribution in [2.45, 2.75) is 18.9 Å². The van der Waals surface area contributed by atoms with E-state index in [1.54, 1.807) is 0 Å². The van der Waals surface area contributed by atoms with Crippen LogP contribution in [-0.2, 0) is 0 Å². The minimum atomic E-state index is -0.0105. The number of rotatable bonds is 2. The van der Waals surface area contributed by atoms with Gasteiger partial charge in [0, 0.05) is 0 Å². The van der Waals surface area contributed by atoms with Crippen molar-refractivity contribution in [2.75, 3.05) is 0 Å². The first-order valence-corrected chi connectivity index (χ1v) is 5.24. The number of ketones is 1. The molecule has 3 heteroatoms. The number of carbonyl (C=O) groups excluding carboxylic acids is 1. The van der Waals surface area contributed by atoms with Gasteiger partial charge in [-0.15, -0.1) is 11.3 Å². The number of Topliss-reactive ketones (excluding diaryl/α,β-unsaturated/α-hetero) is 1. The van der Waals surface area contributed by atoms with Gasteiger partial charge in [0.2, 0.25) is 0 Å². The van der Waals surface area contributed by atoms with E-state index in [4.69, 9.17) is 0 Å². The Morgan fingerprint density at radius 3 is 3.15 bits per heavy atom. The molecule has 0 fully saturated rings. The van der Waals surface area contributed by atoms with E-state index in [1.165, 1.54) is 11.3 Å². The van der Waals surface area contributed by atoms with Gasteiger partial charge in [0.15, 0.2) is 5.78 Å². The number of thiophene rings is 1. The fourth-order valence-corrected chi connectivity index (χ4v) is 2.13. The van der Waals surface area contributed by atoms with Gasteiger partial charge >= 0.3 is 0 Å². The third kappa shape index (κ3) is 1.80. The van der Waals surface area contributed by atoms with E-state index >= 15 is 0 Å². The van der Waals surface area contributed by atoms with Crippen LogP contribution in [0, 0.1) is 0 Å². The van der Waals surface area contributed by atoms with Crippen LogP contribution in [0.5, 0.6) is 0 Å². The Balaban J connectivity index is 2.09. The van der Waals surface area contributed by atoms with Gasteiger partial charge in [-0.3, -0.25) is 4.79 Å². The van der Waals surface area contributed by atoms with Crippen LogP contribution < -0.4 is 5.32 Å². The monoisotopic (exact) mass is 193 g/mol. The SMILES string of the molecule is O=C(c1cccs1)C1CCC=CN1. The zero-order valence-electron chi connectivity index (χ0n) is 7.19. The summed E-state index contributed by atoms with van der Waals surface area (Å²) in [5, 5.41) is 5.02. The van der Waals surface area contributed by atoms with E-state index in [2.05, 4.69) is 11.4 Å². The van der Waals surface area contributed by atoms with Crippen molar-refractivity contribution < 1.29 is 4.79 Å². The first kappa shape index (κ1) is 8.51. The van der Waals surface area contributed by atoms with Gasteiger partial charge in [-0.25, -0.2) is 0 Å². The number of allylic oxidation sites excluding steroid dienone is 1. The van der Waals surface area contributed by atoms with E-state index in [0.29, 0.717) is 0 Å². The molecule has 0 spiro atoms. The van der Waals surface area contributed by atoms with Gasteiger partial charge in [-0.05, 0) is 30.5 Å². The van der Waals surface area contributed by atoms with Crippen LogP contribution in [0.3, 0.4) is 0 Å². The number of nitrogens with one attached hydrogen (secondary N) is 1. The summed E-state index contributed by atoms with van der Waals surface area (Å²) in [6, 6.07) is 3.78. The standard InChI is InChI=1S/C10H11NOS/c12-10(9-5-3-7-13-9)8-4-1-2-6-11-8/h2-3,5-8,11H,1,4H2. The minimum absolute atomic E-state index is 0.0105. The molecule has 1 aliphatic rings. The molecule has 13 heavy (non-hydrogen) atoms. The first-order valence-electron chi connectivity index (χ1n) is 4.37. The fraction of sp³-hybridized carbons (Fsp3) is 0.300. The predicted octanol–water partition coefficient (Wildman–Crippen LogP) is 2.20. The predicted molar refractivity (Wildman–Crippen MR) is 53.9 cm³/mol. The van der Waals surface area contributed by atoms with Gasteiger partial charge in [0.1, 0.15) is 0 Å². The second-order valence-corrected chi connectivity index (χ2v) is 3.99. The highest BCUT2D eigenvalue weighted by Crippen LogP contribution is 2.15. The van der Waals surface area contributed by atoms with Crippen molar-refractivity contribution in [3.8, 4) is 0 Å². The summed E-state index contributed by atoms with van der Waals surface area (Å²) < 4.78 is 0. The van der Waals surface area contributed by atoms with Gasteiger partial charge in [-0.2, -0.15) is 0 Å². The van der Waals surface area contributed by atoms with Crippen molar-refractivity contribution in [1.29, 1.82) is 0 Å². The van der Waals surface area contributed by atoms with Gasteiger partial charge in [0.25, 0.3) is 0 Å². The Hall–Kier alpha value is -1.09. The Morgan fingerprint density at radius 2 is 2.54 bits per heavy atom. The third-order valence-corrected chi connectivity index (χ3v) is 3.00. The second kappa shape index (κ2) is 3.75. The number of hydrogen-bond donors (Lipinski definition) is 1. The van der Waals surface area contributed by atoms with Crippen molar-refractivity contribution in [3.63, 3.8) is 0 Å². The normalized spacial score (nSPS) is 21.1. The molecule has 0 radical (unpaired) electrons. The van der Waals surface area contributed by atoms with Crippen LogP contribution in [0.25, 0.3) is 0 Å². The lowest BCUT2D eigenvalue weighted by Crippen LogP contribution is -2.34. The van der Waals surface area contributed by atoms with E-state index in [-0.39, 0.29) is 11.8 Å². The molecule has 1 atom stereocenters. The van der Waals surface area contributed by atoms with Crippen LogP contribution in [-0.4, -0.2) is 11.8 Å². The van der Waals surface area contributed by atoms with Crippen molar-refractivity contribution in [1.82, 2.24) is 5.32 Å². The molecule has 1 unspecified atom stereocenters. The largest absolute Gasteiger partial charge is 0.381 e. The summed E-state index contributed by atoms with van der Waals surface area (Å²) in [5.74, 6) is 0.222. The highest BCUT2D eigenvalue weighted by molar-refractivity contribution is 7.12. The molecule has 0 saturated carbocycles. The molecule has 2 nitrogen and oxygen atoms in total. The average molecular weight is 193 g/mol. The summed E-state index contributed by atoms with van der Waals surface area (Å²) in [7, 11) is 0. The van der Waals surface area contributed by atoms with Crippen LogP contribution in [0.15, 0.2) is 29.8 Å². The Morgan fingerprint density at radius 1 is 1.62 bits per heavy atom. The molecule has 1 aromatic heterocycles. The highest BCUT2D eigenvalue weighted by Gasteiger charge is 2.19. The second-order valence-electron chi connectivity index (χ2n) is 3.04. The maximum absolute atomic E-state index is 11.8. The fourth-order valence-electron chi connectivity index (χ4n) is 1.41. The maximum atomic E-state index is 11.8. The summed E-state index contributed by atoms with van der Waals surface area (Å²) in [6.07, 6.45) is 5.83. The molecule has 0 saturated heterocycles. The van der Waals surface area contributed by atoms with Gasteiger partial charge in [0.05, 0.1) is 10.9 Å². The quantitative estimate of drug-likeness (QED) is 0.729. The average Bonchev–Trinajstić information content (AvgIpc) is 2.71. The summed E-state index contributed by atoms with van der Waals surface area (Å²) in [5.41, 5.74) is 0. The molecule has 0 aliphatic carbocycles. The van der Waals surface area contributed by atoms with Crippen LogP contribution in [0.2, 0.25) is 0 Å². The maximum Gasteiger partial charge on any atom is 0.194 e. The lowest BCUT2D eigenvalue weighted by atomic mass is 10.0. The minimum Gasteiger partial charge on any atom is -0.381 e. The smallest absolute Gasteiger partial charge is 0.194 e. The Kier molecular flexibility index (Phi) is 2.45. The summed E-state index contributed by atoms with van der Waals surface area (Å²) in [6.45, 7) is 0. The van der Waals surface area contributed by atoms with E-state index < -0.39 is 0 Å². The molecular weight excluding hydrogens is 182 g/mol. The topological polar surface area (TPSA) is 29.1 Å². The van der Waals surface area contributed by atoms with E-state index in [0.717, 1.165) is 17.7 Å². The molecule has 1 aliphatic heterocycles. The Labute approximate surface area is 81.3 Å². The molecule has 68 valence electrons. The van der Waals surface area contributed by atoms with E-state index in [1.807, 2.05) is 23.7 Å². The van der Waals surface area contributed by atoms with E-state index in [9.17, 15) is 4.79 Å². The van der Waals surface area contributed by atoms with Crippen molar-refractivity contribution in [2.24, 2.45) is 0 Å². The molecule has 2 rings (SSSR count). The lowest BCUT2D eigenvalue weighted by Gasteiger charge is -2.17. The summed E-state index contributed by atoms with van der Waals surface area (Å²) >= 11 is 1.51. The molecule has 0 amide bonds. The molecule has 1 N–H and O–H groups in total. The third-order valence-electron chi connectivity index (χ3n) is 2.12. The Bertz CT molecular complexity index is 316. The number of carbonyl (C=O) groups is 1. The zero-order chi connectivity index (χ0) is 9.10. The molecule has 0 bridgehead atoms. The van der Waals surface area contributed by atoms with Crippen LogP contribution in [0.1, 0.15) is 22.5 Å². The van der Waals surface area contributed by atoms with Crippen LogP contribution in [0.4, 0.5) is 0 Å². The molecular formula is C10H11NOS. The molecule has 0 aromatic carbocycles. The number of hydrogen-bond acceptors (Lipinski definition) is 3. The lowest BCUT2D eigenvalue weighted by molar-refractivity contribution is 0.0947. The highest BCUT2D eigenvalue weighted by atomic mass is 32.1. The van der Waals surface area contributed by atoms with Crippen molar-refractivity contribution in [3.05, 3.63) is 34.7 Å².